The standard InChI is InChI=1S/C22H20N4O3/c27-18-13-20(29-19-6-2-1-5-17(18)19)22(28)25-11-9-24(10-12-25)14-16-15-26-8-4-3-7-21(26)23-16/h1-8,13,15H,9-12,14H2. The third kappa shape index (κ3) is 3.40. The van der Waals surface area contributed by atoms with Gasteiger partial charge in [-0.2, -0.15) is 0 Å². The minimum atomic E-state index is -0.236. The van der Waals surface area contributed by atoms with Gasteiger partial charge in [-0.05, 0) is 24.3 Å². The van der Waals surface area contributed by atoms with Gasteiger partial charge in [-0.1, -0.05) is 18.2 Å². The van der Waals surface area contributed by atoms with Crippen molar-refractivity contribution in [2.75, 3.05) is 26.2 Å². The van der Waals surface area contributed by atoms with Crippen LogP contribution in [0, 0.1) is 0 Å². The van der Waals surface area contributed by atoms with Crippen LogP contribution in [0.5, 0.6) is 0 Å². The molecule has 1 aliphatic rings. The van der Waals surface area contributed by atoms with E-state index in [1.54, 1.807) is 29.2 Å². The van der Waals surface area contributed by atoms with E-state index in [0.717, 1.165) is 31.0 Å². The van der Waals surface area contributed by atoms with Crippen molar-refractivity contribution >= 4 is 22.5 Å². The van der Waals surface area contributed by atoms with Crippen LogP contribution in [0.2, 0.25) is 0 Å². The number of rotatable bonds is 3. The Morgan fingerprint density at radius 1 is 1.03 bits per heavy atom. The second-order valence-corrected chi connectivity index (χ2v) is 7.24. The van der Waals surface area contributed by atoms with Gasteiger partial charge in [0.15, 0.2) is 11.2 Å². The Morgan fingerprint density at radius 2 is 1.83 bits per heavy atom. The molecule has 1 fully saturated rings. The molecule has 0 saturated carbocycles. The van der Waals surface area contributed by atoms with Crippen molar-refractivity contribution in [3.8, 4) is 0 Å². The van der Waals surface area contributed by atoms with Gasteiger partial charge < -0.3 is 13.7 Å². The molecule has 0 spiro atoms. The van der Waals surface area contributed by atoms with Crippen LogP contribution >= 0.6 is 0 Å². The van der Waals surface area contributed by atoms with Crippen LogP contribution in [-0.2, 0) is 6.54 Å². The monoisotopic (exact) mass is 388 g/mol. The number of pyridine rings is 1. The molecule has 7 nitrogen and oxygen atoms in total. The molecule has 29 heavy (non-hydrogen) atoms. The molecule has 1 aliphatic heterocycles. The molecule has 0 aliphatic carbocycles. The Balaban J connectivity index is 1.26. The van der Waals surface area contributed by atoms with E-state index < -0.39 is 0 Å². The van der Waals surface area contributed by atoms with Gasteiger partial charge >= 0.3 is 0 Å². The second-order valence-electron chi connectivity index (χ2n) is 7.24. The summed E-state index contributed by atoms with van der Waals surface area (Å²) in [5, 5.41) is 0.487. The van der Waals surface area contributed by atoms with E-state index in [9.17, 15) is 9.59 Å². The lowest BCUT2D eigenvalue weighted by Crippen LogP contribution is -2.48. The molecule has 0 N–H and O–H groups in total. The molecule has 0 unspecified atom stereocenters. The maximum absolute atomic E-state index is 12.8. The minimum Gasteiger partial charge on any atom is -0.451 e. The number of para-hydroxylation sites is 1. The van der Waals surface area contributed by atoms with Crippen LogP contribution in [0.4, 0.5) is 0 Å². The summed E-state index contributed by atoms with van der Waals surface area (Å²) in [6.45, 7) is 3.41. The van der Waals surface area contributed by atoms with Crippen molar-refractivity contribution in [2.45, 2.75) is 6.54 Å². The van der Waals surface area contributed by atoms with Crippen LogP contribution in [-0.4, -0.2) is 51.3 Å². The number of imidazole rings is 1. The molecule has 4 aromatic rings. The predicted molar refractivity (Wildman–Crippen MR) is 109 cm³/mol. The maximum Gasteiger partial charge on any atom is 0.289 e. The van der Waals surface area contributed by atoms with Crippen molar-refractivity contribution in [1.82, 2.24) is 19.2 Å². The molecule has 1 amide bonds. The largest absolute Gasteiger partial charge is 0.451 e. The van der Waals surface area contributed by atoms with E-state index in [4.69, 9.17) is 4.42 Å². The van der Waals surface area contributed by atoms with E-state index in [-0.39, 0.29) is 17.1 Å². The maximum atomic E-state index is 12.8. The number of carbonyl (C=O) groups is 1. The zero-order chi connectivity index (χ0) is 19.8. The van der Waals surface area contributed by atoms with E-state index >= 15 is 0 Å². The second kappa shape index (κ2) is 7.18. The first-order valence-electron chi connectivity index (χ1n) is 9.64. The molecular formula is C22H20N4O3. The number of amides is 1. The number of hydrogen-bond acceptors (Lipinski definition) is 5. The highest BCUT2D eigenvalue weighted by Gasteiger charge is 2.24. The molecule has 146 valence electrons. The van der Waals surface area contributed by atoms with E-state index in [1.807, 2.05) is 35.0 Å². The molecule has 4 heterocycles. The number of nitrogens with zero attached hydrogens (tertiary/aromatic N) is 4. The first-order valence-corrected chi connectivity index (χ1v) is 9.64. The normalized spacial score (nSPS) is 15.2. The topological polar surface area (TPSA) is 71.1 Å². The minimum absolute atomic E-state index is 0.0995. The molecule has 0 radical (unpaired) electrons. The highest BCUT2D eigenvalue weighted by molar-refractivity contribution is 5.93. The molecule has 3 aromatic heterocycles. The third-order valence-corrected chi connectivity index (χ3v) is 5.30. The third-order valence-electron chi connectivity index (χ3n) is 5.30. The summed E-state index contributed by atoms with van der Waals surface area (Å²) in [7, 11) is 0. The molecule has 5 rings (SSSR count). The van der Waals surface area contributed by atoms with E-state index in [2.05, 4.69) is 9.88 Å². The lowest BCUT2D eigenvalue weighted by Gasteiger charge is -2.34. The first kappa shape index (κ1) is 17.6. The Morgan fingerprint density at radius 3 is 2.66 bits per heavy atom. The summed E-state index contributed by atoms with van der Waals surface area (Å²) in [6, 6.07) is 14.2. The Labute approximate surface area is 166 Å². The number of aromatic nitrogens is 2. The quantitative estimate of drug-likeness (QED) is 0.539. The van der Waals surface area contributed by atoms with Gasteiger partial charge in [0.1, 0.15) is 11.2 Å². The average molecular weight is 388 g/mol. The highest BCUT2D eigenvalue weighted by atomic mass is 16.3. The molecule has 0 atom stereocenters. The van der Waals surface area contributed by atoms with Crippen molar-refractivity contribution in [2.24, 2.45) is 0 Å². The van der Waals surface area contributed by atoms with E-state index in [0.29, 0.717) is 24.1 Å². The molecule has 1 aromatic carbocycles. The summed E-state index contributed by atoms with van der Waals surface area (Å²) in [5.74, 6) is -0.136. The van der Waals surface area contributed by atoms with Crippen LogP contribution < -0.4 is 5.43 Å². The Hall–Kier alpha value is -3.45. The van der Waals surface area contributed by atoms with E-state index in [1.165, 1.54) is 6.07 Å². The van der Waals surface area contributed by atoms with Crippen LogP contribution in [0.3, 0.4) is 0 Å². The van der Waals surface area contributed by atoms with Gasteiger partial charge in [0.05, 0.1) is 11.1 Å². The summed E-state index contributed by atoms with van der Waals surface area (Å²) >= 11 is 0. The molecule has 0 bridgehead atoms. The van der Waals surface area contributed by atoms with Crippen molar-refractivity contribution < 1.29 is 9.21 Å². The molecule has 1 saturated heterocycles. The fourth-order valence-corrected chi connectivity index (χ4v) is 3.77. The van der Waals surface area contributed by atoms with Crippen molar-refractivity contribution in [3.05, 3.63) is 82.6 Å². The van der Waals surface area contributed by atoms with Gasteiger partial charge in [-0.3, -0.25) is 14.5 Å². The fourth-order valence-electron chi connectivity index (χ4n) is 3.77. The summed E-state index contributed by atoms with van der Waals surface area (Å²) in [5.41, 5.74) is 2.19. The molecular weight excluding hydrogens is 368 g/mol. The van der Waals surface area contributed by atoms with Gasteiger partial charge in [-0.15, -0.1) is 0 Å². The van der Waals surface area contributed by atoms with Crippen molar-refractivity contribution in [1.29, 1.82) is 0 Å². The number of piperazine rings is 1. The Bertz CT molecular complexity index is 1220. The average Bonchev–Trinajstić information content (AvgIpc) is 3.16. The van der Waals surface area contributed by atoms with Crippen LogP contribution in [0.1, 0.15) is 16.2 Å². The lowest BCUT2D eigenvalue weighted by molar-refractivity contribution is 0.0597. The smallest absolute Gasteiger partial charge is 0.289 e. The fraction of sp³-hybridized carbons (Fsp3) is 0.227. The highest BCUT2D eigenvalue weighted by Crippen LogP contribution is 2.15. The zero-order valence-electron chi connectivity index (χ0n) is 15.8. The van der Waals surface area contributed by atoms with Crippen LogP contribution in [0.15, 0.2) is 70.1 Å². The number of fused-ring (bicyclic) bond motifs is 2. The summed E-state index contributed by atoms with van der Waals surface area (Å²) in [4.78, 5) is 33.8. The van der Waals surface area contributed by atoms with Gasteiger partial charge in [0.2, 0.25) is 0 Å². The molecule has 7 heteroatoms. The lowest BCUT2D eigenvalue weighted by atomic mass is 10.2. The van der Waals surface area contributed by atoms with Gasteiger partial charge in [-0.25, -0.2) is 4.98 Å². The van der Waals surface area contributed by atoms with Gasteiger partial charge in [0, 0.05) is 51.2 Å². The number of carbonyl (C=O) groups excluding carboxylic acids is 1. The zero-order valence-corrected chi connectivity index (χ0v) is 15.8. The first-order chi connectivity index (χ1) is 14.2. The number of benzene rings is 1. The van der Waals surface area contributed by atoms with Gasteiger partial charge in [0.25, 0.3) is 5.91 Å². The number of hydrogen-bond donors (Lipinski definition) is 0. The predicted octanol–water partition coefficient (Wildman–Crippen LogP) is 2.40. The summed E-state index contributed by atoms with van der Waals surface area (Å²) in [6.07, 6.45) is 4.02. The summed E-state index contributed by atoms with van der Waals surface area (Å²) < 4.78 is 7.71. The SMILES string of the molecule is O=C(c1cc(=O)c2ccccc2o1)N1CCN(Cc2cn3ccccc3n2)CC1. The Kier molecular flexibility index (Phi) is 4.37. The van der Waals surface area contributed by atoms with Crippen LogP contribution in [0.25, 0.3) is 16.6 Å². The van der Waals surface area contributed by atoms with Crippen molar-refractivity contribution in [3.63, 3.8) is 0 Å².